The summed E-state index contributed by atoms with van der Waals surface area (Å²) < 4.78 is 0. The van der Waals surface area contributed by atoms with Crippen molar-refractivity contribution in [3.63, 3.8) is 0 Å². The number of imide groups is 1. The van der Waals surface area contributed by atoms with Gasteiger partial charge in [0.1, 0.15) is 5.54 Å². The first-order valence-corrected chi connectivity index (χ1v) is 11.0. The number of aryl methyl sites for hydroxylation is 3. The summed E-state index contributed by atoms with van der Waals surface area (Å²) in [5.41, 5.74) is 4.29. The van der Waals surface area contributed by atoms with E-state index in [0.717, 1.165) is 47.3 Å². The molecule has 6 rings (SSSR count). The van der Waals surface area contributed by atoms with Crippen LogP contribution in [0.1, 0.15) is 35.1 Å². The number of hydrogen-bond acceptors (Lipinski definition) is 4. The van der Waals surface area contributed by atoms with Gasteiger partial charge in [0.15, 0.2) is 0 Å². The van der Waals surface area contributed by atoms with Gasteiger partial charge in [-0.05, 0) is 69.5 Å². The summed E-state index contributed by atoms with van der Waals surface area (Å²) in [6.45, 7) is 6.71. The van der Waals surface area contributed by atoms with Crippen LogP contribution in [0.2, 0.25) is 0 Å². The fraction of sp³-hybridized carbons (Fsp3) is 0.400. The number of hydrogen-bond donors (Lipinski definition) is 1. The van der Waals surface area contributed by atoms with Crippen molar-refractivity contribution in [1.29, 1.82) is 0 Å². The number of anilines is 2. The quantitative estimate of drug-likeness (QED) is 0.727. The maximum Gasteiger partial charge on any atom is 0.250 e. The average Bonchev–Trinajstić information content (AvgIpc) is 3.43. The standard InChI is InChI=1S/C25H25N3O3/c1-13-6-9-18-17(11-13)25(24(31)26-18)21-20(19-5-4-10-27(19)25)22(29)28(23(21)30)16-8-7-14(2)15(3)12-16/h6-9,11-12,19-21H,4-5,10H2,1-3H3,(H,26,31)/t19-,20-,21-,25+/m0/s1. The maximum absolute atomic E-state index is 13.9. The van der Waals surface area contributed by atoms with Crippen LogP contribution in [0.4, 0.5) is 11.4 Å². The highest BCUT2D eigenvalue weighted by Crippen LogP contribution is 2.60. The Bertz CT molecular complexity index is 1190. The number of carbonyl (C=O) groups excluding carboxylic acids is 3. The van der Waals surface area contributed by atoms with Gasteiger partial charge in [0.25, 0.3) is 0 Å². The molecule has 3 saturated heterocycles. The van der Waals surface area contributed by atoms with E-state index in [-0.39, 0.29) is 23.8 Å². The van der Waals surface area contributed by atoms with Gasteiger partial charge < -0.3 is 5.32 Å². The van der Waals surface area contributed by atoms with Crippen LogP contribution in [-0.4, -0.2) is 35.2 Å². The van der Waals surface area contributed by atoms with Crippen LogP contribution in [0.15, 0.2) is 36.4 Å². The smallest absolute Gasteiger partial charge is 0.250 e. The van der Waals surface area contributed by atoms with Crippen molar-refractivity contribution in [1.82, 2.24) is 4.90 Å². The van der Waals surface area contributed by atoms with E-state index in [9.17, 15) is 14.4 Å². The predicted molar refractivity (Wildman–Crippen MR) is 117 cm³/mol. The Labute approximate surface area is 181 Å². The Balaban J connectivity index is 1.56. The van der Waals surface area contributed by atoms with Crippen LogP contribution in [0.25, 0.3) is 0 Å². The SMILES string of the molecule is Cc1ccc2c(c1)[C@]1(C(=O)N2)[C@@H]2C(=O)N(c3ccc(C)c(C)c3)C(=O)[C@H]2[C@@H]2CCCN21. The second-order valence-corrected chi connectivity index (χ2v) is 9.46. The zero-order chi connectivity index (χ0) is 21.7. The molecule has 2 aromatic rings. The number of carbonyl (C=O) groups is 3. The average molecular weight is 415 g/mol. The highest BCUT2D eigenvalue weighted by Gasteiger charge is 2.74. The van der Waals surface area contributed by atoms with Crippen molar-refractivity contribution in [2.24, 2.45) is 11.8 Å². The Morgan fingerprint density at radius 1 is 0.968 bits per heavy atom. The van der Waals surface area contributed by atoms with Crippen molar-refractivity contribution in [2.75, 3.05) is 16.8 Å². The van der Waals surface area contributed by atoms with Crippen LogP contribution in [0.3, 0.4) is 0 Å². The van der Waals surface area contributed by atoms with E-state index in [1.807, 2.05) is 57.2 Å². The molecule has 2 aromatic carbocycles. The van der Waals surface area contributed by atoms with Crippen LogP contribution in [-0.2, 0) is 19.9 Å². The summed E-state index contributed by atoms with van der Waals surface area (Å²) in [6.07, 6.45) is 1.76. The molecule has 0 unspecified atom stereocenters. The van der Waals surface area contributed by atoms with Gasteiger partial charge in [0.05, 0.1) is 17.5 Å². The second kappa shape index (κ2) is 6.04. The molecular formula is C25H25N3O3. The van der Waals surface area contributed by atoms with Gasteiger partial charge in [0, 0.05) is 17.3 Å². The molecular weight excluding hydrogens is 390 g/mol. The van der Waals surface area contributed by atoms with Crippen molar-refractivity contribution in [3.8, 4) is 0 Å². The summed E-state index contributed by atoms with van der Waals surface area (Å²) in [4.78, 5) is 44.8. The summed E-state index contributed by atoms with van der Waals surface area (Å²) in [5, 5.41) is 3.03. The lowest BCUT2D eigenvalue weighted by Gasteiger charge is -2.36. The molecule has 4 aliphatic heterocycles. The summed E-state index contributed by atoms with van der Waals surface area (Å²) >= 11 is 0. The van der Waals surface area contributed by atoms with E-state index in [1.54, 1.807) is 0 Å². The topological polar surface area (TPSA) is 69.7 Å². The molecule has 0 saturated carbocycles. The van der Waals surface area contributed by atoms with E-state index < -0.39 is 17.4 Å². The lowest BCUT2D eigenvalue weighted by Crippen LogP contribution is -2.54. The minimum absolute atomic E-state index is 0.0878. The summed E-state index contributed by atoms with van der Waals surface area (Å²) in [5.74, 6) is -1.78. The van der Waals surface area contributed by atoms with Crippen molar-refractivity contribution in [3.05, 3.63) is 58.7 Å². The van der Waals surface area contributed by atoms with Crippen molar-refractivity contribution in [2.45, 2.75) is 45.2 Å². The number of nitrogens with zero attached hydrogens (tertiary/aromatic N) is 2. The third-order valence-corrected chi connectivity index (χ3v) is 7.90. The molecule has 0 radical (unpaired) electrons. The van der Waals surface area contributed by atoms with Gasteiger partial charge in [-0.15, -0.1) is 0 Å². The molecule has 158 valence electrons. The van der Waals surface area contributed by atoms with E-state index in [0.29, 0.717) is 5.69 Å². The third-order valence-electron chi connectivity index (χ3n) is 7.90. The Morgan fingerprint density at radius 2 is 1.77 bits per heavy atom. The highest BCUT2D eigenvalue weighted by molar-refractivity contribution is 6.25. The van der Waals surface area contributed by atoms with Gasteiger partial charge >= 0.3 is 0 Å². The van der Waals surface area contributed by atoms with Crippen LogP contribution in [0.5, 0.6) is 0 Å². The Kier molecular flexibility index (Phi) is 3.65. The first-order chi connectivity index (χ1) is 14.9. The number of benzene rings is 2. The number of rotatable bonds is 1. The number of fused-ring (bicyclic) bond motifs is 7. The number of amides is 3. The Hall–Kier alpha value is -2.99. The molecule has 3 amide bonds. The molecule has 1 spiro atoms. The zero-order valence-electron chi connectivity index (χ0n) is 17.9. The monoisotopic (exact) mass is 415 g/mol. The Morgan fingerprint density at radius 3 is 2.55 bits per heavy atom. The second-order valence-electron chi connectivity index (χ2n) is 9.46. The van der Waals surface area contributed by atoms with E-state index in [4.69, 9.17) is 0 Å². The normalized spacial score (nSPS) is 31.4. The molecule has 6 nitrogen and oxygen atoms in total. The van der Waals surface area contributed by atoms with E-state index >= 15 is 0 Å². The van der Waals surface area contributed by atoms with Crippen LogP contribution in [0, 0.1) is 32.6 Å². The molecule has 0 aliphatic carbocycles. The van der Waals surface area contributed by atoms with Gasteiger partial charge in [-0.1, -0.05) is 23.8 Å². The minimum atomic E-state index is -1.10. The van der Waals surface area contributed by atoms with E-state index in [2.05, 4.69) is 10.2 Å². The zero-order valence-corrected chi connectivity index (χ0v) is 17.9. The third kappa shape index (κ3) is 2.13. The lowest BCUT2D eigenvalue weighted by atomic mass is 9.75. The highest BCUT2D eigenvalue weighted by atomic mass is 16.2. The van der Waals surface area contributed by atoms with Crippen LogP contribution < -0.4 is 10.2 Å². The summed E-state index contributed by atoms with van der Waals surface area (Å²) in [6, 6.07) is 11.5. The fourth-order valence-corrected chi connectivity index (χ4v) is 6.44. The molecule has 6 heteroatoms. The van der Waals surface area contributed by atoms with E-state index in [1.165, 1.54) is 4.90 Å². The largest absolute Gasteiger partial charge is 0.324 e. The molecule has 4 heterocycles. The molecule has 4 aliphatic rings. The number of nitrogens with one attached hydrogen (secondary N) is 1. The molecule has 3 fully saturated rings. The molecule has 0 aromatic heterocycles. The fourth-order valence-electron chi connectivity index (χ4n) is 6.44. The molecule has 31 heavy (non-hydrogen) atoms. The minimum Gasteiger partial charge on any atom is -0.324 e. The van der Waals surface area contributed by atoms with Gasteiger partial charge in [-0.3, -0.25) is 19.3 Å². The molecule has 4 atom stereocenters. The predicted octanol–water partition coefficient (Wildman–Crippen LogP) is 3.04. The lowest BCUT2D eigenvalue weighted by molar-refractivity contribution is -0.135. The first kappa shape index (κ1) is 18.8. The van der Waals surface area contributed by atoms with Crippen LogP contribution >= 0.6 is 0 Å². The van der Waals surface area contributed by atoms with Crippen molar-refractivity contribution >= 4 is 29.1 Å². The van der Waals surface area contributed by atoms with Gasteiger partial charge in [-0.25, -0.2) is 4.90 Å². The molecule has 0 bridgehead atoms. The van der Waals surface area contributed by atoms with Gasteiger partial charge in [-0.2, -0.15) is 0 Å². The van der Waals surface area contributed by atoms with Crippen molar-refractivity contribution < 1.29 is 14.4 Å². The summed E-state index contributed by atoms with van der Waals surface area (Å²) in [7, 11) is 0. The maximum atomic E-state index is 13.9. The first-order valence-electron chi connectivity index (χ1n) is 11.0. The van der Waals surface area contributed by atoms with Gasteiger partial charge in [0.2, 0.25) is 17.7 Å². The molecule has 1 N–H and O–H groups in total.